The van der Waals surface area contributed by atoms with Crippen molar-refractivity contribution in [1.82, 2.24) is 0 Å². The predicted octanol–water partition coefficient (Wildman–Crippen LogP) is 2.66. The maximum Gasteiger partial charge on any atom is 0.338 e. The summed E-state index contributed by atoms with van der Waals surface area (Å²) in [5.74, 6) is -0.918. The molecule has 1 saturated heterocycles. The van der Waals surface area contributed by atoms with E-state index in [1.165, 1.54) is 18.2 Å². The quantitative estimate of drug-likeness (QED) is 0.618. The third-order valence-electron chi connectivity index (χ3n) is 2.77. The Hall–Kier alpha value is -1.13. The van der Waals surface area contributed by atoms with Crippen LogP contribution in [-0.2, 0) is 19.9 Å². The molecule has 1 aromatic rings. The maximum atomic E-state index is 13.6. The van der Waals surface area contributed by atoms with E-state index in [0.29, 0.717) is 5.02 Å². The van der Waals surface area contributed by atoms with Crippen molar-refractivity contribution in [2.45, 2.75) is 25.6 Å². The molecule has 92 valence electrons. The Morgan fingerprint density at radius 3 is 3.00 bits per heavy atom. The maximum absolute atomic E-state index is 13.6. The molecule has 0 radical (unpaired) electrons. The van der Waals surface area contributed by atoms with Gasteiger partial charge in [0.1, 0.15) is 11.4 Å². The highest BCUT2D eigenvalue weighted by Crippen LogP contribution is 2.47. The van der Waals surface area contributed by atoms with E-state index in [-0.39, 0.29) is 12.2 Å². The lowest BCUT2D eigenvalue weighted by molar-refractivity contribution is -0.144. The number of carbonyl (C=O) groups is 1. The number of hydrogen-bond donors (Lipinski definition) is 0. The third-order valence-corrected chi connectivity index (χ3v) is 3.00. The first kappa shape index (κ1) is 12.3. The third kappa shape index (κ3) is 2.15. The molecule has 0 aromatic heterocycles. The van der Waals surface area contributed by atoms with Crippen LogP contribution in [0.1, 0.15) is 19.4 Å². The van der Waals surface area contributed by atoms with E-state index >= 15 is 0 Å². The molecule has 0 amide bonds. The zero-order chi connectivity index (χ0) is 12.6. The first-order valence-corrected chi connectivity index (χ1v) is 5.67. The minimum absolute atomic E-state index is 0.271. The molecule has 1 heterocycles. The Balaban J connectivity index is 2.24. The number of carbonyl (C=O) groups excluding carboxylic acids is 1. The van der Waals surface area contributed by atoms with Gasteiger partial charge in [0.2, 0.25) is 0 Å². The van der Waals surface area contributed by atoms with Crippen LogP contribution in [-0.4, -0.2) is 18.7 Å². The number of rotatable bonds is 3. The summed E-state index contributed by atoms with van der Waals surface area (Å²) in [6.45, 7) is 3.62. The zero-order valence-electron chi connectivity index (χ0n) is 9.50. The monoisotopic (exact) mass is 258 g/mol. The van der Waals surface area contributed by atoms with Crippen LogP contribution >= 0.6 is 11.6 Å². The summed E-state index contributed by atoms with van der Waals surface area (Å²) in [6, 6.07) is 4.18. The Kier molecular flexibility index (Phi) is 3.10. The van der Waals surface area contributed by atoms with Gasteiger partial charge in [0, 0.05) is 10.6 Å². The van der Waals surface area contributed by atoms with Crippen LogP contribution in [0.2, 0.25) is 5.02 Å². The van der Waals surface area contributed by atoms with Gasteiger partial charge >= 0.3 is 5.97 Å². The number of esters is 1. The van der Waals surface area contributed by atoms with Gasteiger partial charge in [-0.25, -0.2) is 9.18 Å². The highest BCUT2D eigenvalue weighted by Gasteiger charge is 2.60. The van der Waals surface area contributed by atoms with Crippen LogP contribution in [0.4, 0.5) is 4.39 Å². The van der Waals surface area contributed by atoms with Crippen molar-refractivity contribution < 1.29 is 18.7 Å². The molecular formula is C12H12ClFO3. The summed E-state index contributed by atoms with van der Waals surface area (Å²) < 4.78 is 23.7. The van der Waals surface area contributed by atoms with E-state index < -0.39 is 23.5 Å². The summed E-state index contributed by atoms with van der Waals surface area (Å²) in [7, 11) is 0. The largest absolute Gasteiger partial charge is 0.464 e. The van der Waals surface area contributed by atoms with E-state index in [4.69, 9.17) is 21.1 Å². The van der Waals surface area contributed by atoms with Crippen LogP contribution in [0.3, 0.4) is 0 Å². The molecule has 5 heteroatoms. The topological polar surface area (TPSA) is 38.8 Å². The molecule has 1 aliphatic heterocycles. The molecule has 0 N–H and O–H groups in total. The molecular weight excluding hydrogens is 247 g/mol. The summed E-state index contributed by atoms with van der Waals surface area (Å²) in [6.07, 6.45) is -0.754. The molecule has 2 atom stereocenters. The fraction of sp³-hybridized carbons (Fsp3) is 0.417. The van der Waals surface area contributed by atoms with E-state index in [2.05, 4.69) is 0 Å². The number of hydrogen-bond acceptors (Lipinski definition) is 3. The minimum Gasteiger partial charge on any atom is -0.464 e. The van der Waals surface area contributed by atoms with Gasteiger partial charge in [-0.2, -0.15) is 0 Å². The molecule has 3 nitrogen and oxygen atoms in total. The summed E-state index contributed by atoms with van der Waals surface area (Å²) in [4.78, 5) is 11.5. The number of epoxide rings is 1. The fourth-order valence-electron chi connectivity index (χ4n) is 1.78. The second-order valence-electron chi connectivity index (χ2n) is 3.98. The van der Waals surface area contributed by atoms with Crippen LogP contribution in [0.5, 0.6) is 0 Å². The van der Waals surface area contributed by atoms with E-state index in [1.807, 2.05) is 0 Å². The summed E-state index contributed by atoms with van der Waals surface area (Å²) in [5.41, 5.74) is -0.690. The van der Waals surface area contributed by atoms with Crippen LogP contribution in [0.25, 0.3) is 0 Å². The van der Waals surface area contributed by atoms with E-state index in [1.54, 1.807) is 13.8 Å². The van der Waals surface area contributed by atoms with Gasteiger partial charge in [0.15, 0.2) is 6.10 Å². The molecule has 17 heavy (non-hydrogen) atoms. The van der Waals surface area contributed by atoms with Crippen LogP contribution < -0.4 is 0 Å². The molecule has 2 unspecified atom stereocenters. The molecule has 0 spiro atoms. The van der Waals surface area contributed by atoms with Crippen molar-refractivity contribution >= 4 is 17.6 Å². The lowest BCUT2D eigenvalue weighted by Gasteiger charge is -2.08. The number of benzene rings is 1. The normalized spacial score (nSPS) is 26.7. The fourth-order valence-corrected chi connectivity index (χ4v) is 1.96. The molecule has 1 aromatic carbocycles. The summed E-state index contributed by atoms with van der Waals surface area (Å²) in [5, 5.41) is 0.403. The van der Waals surface area contributed by atoms with E-state index in [9.17, 15) is 9.18 Å². The highest BCUT2D eigenvalue weighted by molar-refractivity contribution is 6.30. The Labute approximate surface area is 103 Å². The molecule has 2 rings (SSSR count). The van der Waals surface area contributed by atoms with Crippen molar-refractivity contribution in [3.05, 3.63) is 34.6 Å². The number of halogens is 2. The highest BCUT2D eigenvalue weighted by atomic mass is 35.5. The van der Waals surface area contributed by atoms with Crippen molar-refractivity contribution in [2.75, 3.05) is 6.61 Å². The smallest absolute Gasteiger partial charge is 0.338 e. The van der Waals surface area contributed by atoms with Gasteiger partial charge in [-0.15, -0.1) is 0 Å². The second-order valence-corrected chi connectivity index (χ2v) is 4.42. The van der Waals surface area contributed by atoms with Crippen molar-refractivity contribution in [2.24, 2.45) is 0 Å². The average molecular weight is 259 g/mol. The van der Waals surface area contributed by atoms with Gasteiger partial charge in [-0.3, -0.25) is 0 Å². The van der Waals surface area contributed by atoms with Crippen molar-refractivity contribution in [1.29, 1.82) is 0 Å². The first-order valence-electron chi connectivity index (χ1n) is 5.29. The predicted molar refractivity (Wildman–Crippen MR) is 60.3 cm³/mol. The molecule has 1 aliphatic rings. The van der Waals surface area contributed by atoms with Gasteiger partial charge in [-0.05, 0) is 32.0 Å². The average Bonchev–Trinajstić information content (AvgIpc) is 2.96. The minimum atomic E-state index is -0.971. The van der Waals surface area contributed by atoms with Crippen molar-refractivity contribution in [3.8, 4) is 0 Å². The second kappa shape index (κ2) is 4.27. The van der Waals surface area contributed by atoms with Gasteiger partial charge in [0.05, 0.1) is 6.61 Å². The van der Waals surface area contributed by atoms with Crippen molar-refractivity contribution in [3.63, 3.8) is 0 Å². The first-order chi connectivity index (χ1) is 7.99. The lowest BCUT2D eigenvalue weighted by Crippen LogP contribution is -2.19. The Morgan fingerprint density at radius 1 is 1.65 bits per heavy atom. The number of ether oxygens (including phenoxy) is 2. The zero-order valence-corrected chi connectivity index (χ0v) is 10.3. The SMILES string of the molecule is CCOC(=O)C1OC1(C)c1cc(Cl)ccc1F. The van der Waals surface area contributed by atoms with Gasteiger partial charge < -0.3 is 9.47 Å². The molecule has 0 bridgehead atoms. The molecule has 0 saturated carbocycles. The van der Waals surface area contributed by atoms with Crippen LogP contribution in [0.15, 0.2) is 18.2 Å². The standard InChI is InChI=1S/C12H12ClFO3/c1-3-16-11(15)10-12(2,17-10)8-6-7(13)4-5-9(8)14/h4-6,10H,3H2,1-2H3. The lowest BCUT2D eigenvalue weighted by atomic mass is 9.97. The molecule has 1 fully saturated rings. The van der Waals surface area contributed by atoms with E-state index in [0.717, 1.165) is 0 Å². The van der Waals surface area contributed by atoms with Crippen LogP contribution in [0, 0.1) is 5.82 Å². The van der Waals surface area contributed by atoms with Gasteiger partial charge in [-0.1, -0.05) is 11.6 Å². The van der Waals surface area contributed by atoms with Gasteiger partial charge in [0.25, 0.3) is 0 Å². The summed E-state index contributed by atoms with van der Waals surface area (Å²) >= 11 is 5.80. The Bertz CT molecular complexity index is 463. The Morgan fingerprint density at radius 2 is 2.35 bits per heavy atom. The molecule has 0 aliphatic carbocycles.